The van der Waals surface area contributed by atoms with Crippen molar-refractivity contribution in [1.29, 1.82) is 0 Å². The highest BCUT2D eigenvalue weighted by Gasteiger charge is 2.13. The summed E-state index contributed by atoms with van der Waals surface area (Å²) in [5.41, 5.74) is 4.95. The van der Waals surface area contributed by atoms with E-state index in [1.54, 1.807) is 7.11 Å². The van der Waals surface area contributed by atoms with Gasteiger partial charge in [0.1, 0.15) is 5.75 Å². The normalized spacial score (nSPS) is 15.3. The molecule has 0 bridgehead atoms. The summed E-state index contributed by atoms with van der Waals surface area (Å²) in [7, 11) is 1.71. The van der Waals surface area contributed by atoms with Gasteiger partial charge in [-0.3, -0.25) is 0 Å². The van der Waals surface area contributed by atoms with Gasteiger partial charge < -0.3 is 9.47 Å². The highest BCUT2D eigenvalue weighted by molar-refractivity contribution is 5.73. The monoisotopic (exact) mass is 204 g/mol. The minimum absolute atomic E-state index is 0.693. The highest BCUT2D eigenvalue weighted by atomic mass is 16.5. The van der Waals surface area contributed by atoms with Crippen LogP contribution in [-0.2, 0) is 4.74 Å². The van der Waals surface area contributed by atoms with Crippen molar-refractivity contribution in [3.05, 3.63) is 34.9 Å². The van der Waals surface area contributed by atoms with Crippen LogP contribution in [0.25, 0.3) is 5.57 Å². The van der Waals surface area contributed by atoms with Gasteiger partial charge in [0.05, 0.1) is 20.3 Å². The molecular formula is C13H16O2. The predicted octanol–water partition coefficient (Wildman–Crippen LogP) is 2.73. The topological polar surface area (TPSA) is 18.5 Å². The van der Waals surface area contributed by atoms with Crippen LogP contribution in [-0.4, -0.2) is 20.3 Å². The number of hydrogen-bond acceptors (Lipinski definition) is 2. The second-order valence-corrected chi connectivity index (χ2v) is 3.88. The van der Waals surface area contributed by atoms with Crippen LogP contribution in [0, 0.1) is 13.8 Å². The number of methoxy groups -OCH3 is 1. The lowest BCUT2D eigenvalue weighted by molar-refractivity contribution is 0.216. The zero-order chi connectivity index (χ0) is 10.8. The van der Waals surface area contributed by atoms with Crippen molar-refractivity contribution in [2.75, 3.05) is 20.3 Å². The van der Waals surface area contributed by atoms with Gasteiger partial charge in [-0.15, -0.1) is 0 Å². The fourth-order valence-corrected chi connectivity index (χ4v) is 1.78. The number of ether oxygens (including phenoxy) is 2. The molecule has 0 spiro atoms. The van der Waals surface area contributed by atoms with Crippen LogP contribution in [0.1, 0.15) is 16.7 Å². The van der Waals surface area contributed by atoms with E-state index in [9.17, 15) is 0 Å². The van der Waals surface area contributed by atoms with Crippen molar-refractivity contribution in [2.24, 2.45) is 0 Å². The fraction of sp³-hybridized carbons (Fsp3) is 0.385. The Labute approximate surface area is 90.5 Å². The maximum absolute atomic E-state index is 5.40. The lowest BCUT2D eigenvalue weighted by Crippen LogP contribution is -1.96. The summed E-state index contributed by atoms with van der Waals surface area (Å²) in [5.74, 6) is 0.940. The zero-order valence-corrected chi connectivity index (χ0v) is 9.46. The van der Waals surface area contributed by atoms with Crippen LogP contribution in [0.2, 0.25) is 0 Å². The first-order valence-corrected chi connectivity index (χ1v) is 5.14. The number of hydrogen-bond donors (Lipinski definition) is 0. The Kier molecular flexibility index (Phi) is 2.78. The van der Waals surface area contributed by atoms with Gasteiger partial charge in [0.25, 0.3) is 0 Å². The Balaban J connectivity index is 2.49. The summed E-state index contributed by atoms with van der Waals surface area (Å²) in [6, 6.07) is 4.26. The number of aryl methyl sites for hydroxylation is 2. The van der Waals surface area contributed by atoms with E-state index in [4.69, 9.17) is 9.47 Å². The third kappa shape index (κ3) is 1.90. The van der Waals surface area contributed by atoms with Crippen LogP contribution in [0.3, 0.4) is 0 Å². The number of benzene rings is 1. The van der Waals surface area contributed by atoms with Crippen molar-refractivity contribution in [1.82, 2.24) is 0 Å². The Bertz CT molecular complexity index is 405. The van der Waals surface area contributed by atoms with Crippen LogP contribution < -0.4 is 4.74 Å². The van der Waals surface area contributed by atoms with Crippen molar-refractivity contribution in [3.63, 3.8) is 0 Å². The quantitative estimate of drug-likeness (QED) is 0.737. The van der Waals surface area contributed by atoms with E-state index >= 15 is 0 Å². The Hall–Kier alpha value is -1.28. The second kappa shape index (κ2) is 4.07. The number of rotatable bonds is 2. The summed E-state index contributed by atoms with van der Waals surface area (Å²) < 4.78 is 10.7. The van der Waals surface area contributed by atoms with Gasteiger partial charge in [0, 0.05) is 5.56 Å². The Morgan fingerprint density at radius 1 is 1.20 bits per heavy atom. The largest absolute Gasteiger partial charge is 0.496 e. The molecule has 2 nitrogen and oxygen atoms in total. The van der Waals surface area contributed by atoms with Crippen LogP contribution in [0.4, 0.5) is 0 Å². The van der Waals surface area contributed by atoms with Crippen molar-refractivity contribution < 1.29 is 9.47 Å². The van der Waals surface area contributed by atoms with E-state index < -0.39 is 0 Å². The highest BCUT2D eigenvalue weighted by Crippen LogP contribution is 2.30. The molecule has 0 aliphatic carbocycles. The molecule has 80 valence electrons. The molecule has 0 amide bonds. The van der Waals surface area contributed by atoms with Gasteiger partial charge in [0.15, 0.2) is 0 Å². The molecule has 0 aromatic heterocycles. The lowest BCUT2D eigenvalue weighted by Gasteiger charge is -2.12. The van der Waals surface area contributed by atoms with Crippen LogP contribution >= 0.6 is 0 Å². The van der Waals surface area contributed by atoms with E-state index in [0.29, 0.717) is 13.2 Å². The van der Waals surface area contributed by atoms with Gasteiger partial charge in [-0.2, -0.15) is 0 Å². The first-order valence-electron chi connectivity index (χ1n) is 5.14. The summed E-state index contributed by atoms with van der Waals surface area (Å²) in [5, 5.41) is 0. The summed E-state index contributed by atoms with van der Waals surface area (Å²) in [4.78, 5) is 0. The van der Waals surface area contributed by atoms with Crippen molar-refractivity contribution in [3.8, 4) is 5.75 Å². The molecule has 1 aliphatic rings. The van der Waals surface area contributed by atoms with E-state index in [-0.39, 0.29) is 0 Å². The van der Waals surface area contributed by atoms with Crippen molar-refractivity contribution >= 4 is 5.57 Å². The van der Waals surface area contributed by atoms with Gasteiger partial charge in [-0.05, 0) is 42.7 Å². The Morgan fingerprint density at radius 2 is 1.93 bits per heavy atom. The molecule has 2 heteroatoms. The molecule has 0 saturated heterocycles. The minimum atomic E-state index is 0.693. The molecule has 1 aromatic carbocycles. The van der Waals surface area contributed by atoms with Gasteiger partial charge in [0.2, 0.25) is 0 Å². The standard InChI is InChI=1S/C13H16O2/c1-9-6-12(11-4-5-15-8-11)13(14-3)7-10(9)2/h4,6-7H,5,8H2,1-3H3. The first-order chi connectivity index (χ1) is 7.22. The van der Waals surface area contributed by atoms with Crippen LogP contribution in [0.5, 0.6) is 5.75 Å². The average molecular weight is 204 g/mol. The average Bonchev–Trinajstić information content (AvgIpc) is 2.74. The van der Waals surface area contributed by atoms with Crippen molar-refractivity contribution in [2.45, 2.75) is 13.8 Å². The van der Waals surface area contributed by atoms with Gasteiger partial charge in [-0.25, -0.2) is 0 Å². The van der Waals surface area contributed by atoms with E-state index in [1.807, 2.05) is 0 Å². The smallest absolute Gasteiger partial charge is 0.126 e. The Morgan fingerprint density at radius 3 is 2.53 bits per heavy atom. The fourth-order valence-electron chi connectivity index (χ4n) is 1.78. The molecule has 0 radical (unpaired) electrons. The molecule has 1 aromatic rings. The molecule has 0 atom stereocenters. The molecule has 1 heterocycles. The van der Waals surface area contributed by atoms with Crippen LogP contribution in [0.15, 0.2) is 18.2 Å². The first kappa shape index (κ1) is 10.2. The molecule has 15 heavy (non-hydrogen) atoms. The lowest BCUT2D eigenvalue weighted by atomic mass is 10.00. The molecule has 2 rings (SSSR count). The maximum atomic E-state index is 5.40. The minimum Gasteiger partial charge on any atom is -0.496 e. The summed E-state index contributed by atoms with van der Waals surface area (Å²) in [6.45, 7) is 5.63. The second-order valence-electron chi connectivity index (χ2n) is 3.88. The molecular weight excluding hydrogens is 188 g/mol. The third-order valence-corrected chi connectivity index (χ3v) is 2.87. The maximum Gasteiger partial charge on any atom is 0.126 e. The molecule has 0 saturated carbocycles. The zero-order valence-electron chi connectivity index (χ0n) is 9.46. The van der Waals surface area contributed by atoms with E-state index in [1.165, 1.54) is 16.7 Å². The molecule has 0 fully saturated rings. The SMILES string of the molecule is COc1cc(C)c(C)cc1C1=CCOC1. The molecule has 0 N–H and O–H groups in total. The van der Waals surface area contributed by atoms with Gasteiger partial charge in [-0.1, -0.05) is 6.08 Å². The predicted molar refractivity (Wildman–Crippen MR) is 61.3 cm³/mol. The molecule has 1 aliphatic heterocycles. The summed E-state index contributed by atoms with van der Waals surface area (Å²) in [6.07, 6.45) is 2.12. The third-order valence-electron chi connectivity index (χ3n) is 2.87. The van der Waals surface area contributed by atoms with Gasteiger partial charge >= 0.3 is 0 Å². The molecule has 0 unspecified atom stereocenters. The van der Waals surface area contributed by atoms with E-state index in [0.717, 1.165) is 11.3 Å². The van der Waals surface area contributed by atoms with E-state index in [2.05, 4.69) is 32.1 Å². The summed E-state index contributed by atoms with van der Waals surface area (Å²) >= 11 is 0.